The molecular weight excluding hydrogens is 363 g/mol. The number of pyridine rings is 1. The van der Waals surface area contributed by atoms with E-state index in [1.807, 2.05) is 6.07 Å². The SMILES string of the molecule is CCOC(=O)N1CCN(c2ccc(NC(=O)Cc3cccc(F)c3)nc2)CC1. The van der Waals surface area contributed by atoms with Crippen LogP contribution >= 0.6 is 0 Å². The van der Waals surface area contributed by atoms with Gasteiger partial charge in [-0.1, -0.05) is 12.1 Å². The van der Waals surface area contributed by atoms with E-state index in [1.165, 1.54) is 12.1 Å². The molecule has 0 bridgehead atoms. The average molecular weight is 386 g/mol. The summed E-state index contributed by atoms with van der Waals surface area (Å²) in [6.07, 6.45) is 1.49. The first kappa shape index (κ1) is 19.6. The molecule has 0 saturated carbocycles. The number of nitrogens with one attached hydrogen (secondary N) is 1. The Morgan fingerprint density at radius 2 is 1.96 bits per heavy atom. The Bertz CT molecular complexity index is 820. The number of benzene rings is 1. The smallest absolute Gasteiger partial charge is 0.409 e. The summed E-state index contributed by atoms with van der Waals surface area (Å²) in [5, 5.41) is 2.72. The quantitative estimate of drug-likeness (QED) is 0.855. The maximum absolute atomic E-state index is 13.2. The Morgan fingerprint density at radius 3 is 2.61 bits per heavy atom. The maximum atomic E-state index is 13.2. The lowest BCUT2D eigenvalue weighted by Crippen LogP contribution is -2.49. The Kier molecular flexibility index (Phi) is 6.41. The van der Waals surface area contributed by atoms with E-state index in [0.29, 0.717) is 44.2 Å². The number of carbonyl (C=O) groups excluding carboxylic acids is 2. The van der Waals surface area contributed by atoms with E-state index in [0.717, 1.165) is 5.69 Å². The van der Waals surface area contributed by atoms with Crippen molar-refractivity contribution in [3.63, 3.8) is 0 Å². The minimum Gasteiger partial charge on any atom is -0.450 e. The van der Waals surface area contributed by atoms with Gasteiger partial charge in [0.2, 0.25) is 5.91 Å². The van der Waals surface area contributed by atoms with Crippen LogP contribution in [0.3, 0.4) is 0 Å². The zero-order valence-electron chi connectivity index (χ0n) is 15.7. The summed E-state index contributed by atoms with van der Waals surface area (Å²) in [5.41, 5.74) is 1.53. The molecule has 1 fully saturated rings. The van der Waals surface area contributed by atoms with Crippen molar-refractivity contribution in [2.75, 3.05) is 43.0 Å². The van der Waals surface area contributed by atoms with Crippen LogP contribution in [0.4, 0.5) is 20.7 Å². The molecule has 3 rings (SSSR count). The molecule has 28 heavy (non-hydrogen) atoms. The van der Waals surface area contributed by atoms with Crippen molar-refractivity contribution >= 4 is 23.5 Å². The predicted octanol–water partition coefficient (Wildman–Crippen LogP) is 2.68. The van der Waals surface area contributed by atoms with Gasteiger partial charge in [0, 0.05) is 26.2 Å². The lowest BCUT2D eigenvalue weighted by molar-refractivity contribution is -0.115. The number of carbonyl (C=O) groups is 2. The number of amides is 2. The third kappa shape index (κ3) is 5.18. The second-order valence-electron chi connectivity index (χ2n) is 6.43. The highest BCUT2D eigenvalue weighted by Gasteiger charge is 2.22. The highest BCUT2D eigenvalue weighted by Crippen LogP contribution is 2.18. The summed E-state index contributed by atoms with van der Waals surface area (Å²) in [6.45, 7) is 4.71. The molecule has 8 heteroatoms. The van der Waals surface area contributed by atoms with Gasteiger partial charge in [-0.15, -0.1) is 0 Å². The van der Waals surface area contributed by atoms with Gasteiger partial charge in [-0.05, 0) is 36.8 Å². The molecule has 0 aliphatic carbocycles. The molecule has 7 nitrogen and oxygen atoms in total. The van der Waals surface area contributed by atoms with Gasteiger partial charge in [-0.2, -0.15) is 0 Å². The largest absolute Gasteiger partial charge is 0.450 e. The third-order valence-electron chi connectivity index (χ3n) is 4.44. The van der Waals surface area contributed by atoms with E-state index in [1.54, 1.807) is 36.2 Å². The maximum Gasteiger partial charge on any atom is 0.409 e. The number of hydrogen-bond acceptors (Lipinski definition) is 5. The average Bonchev–Trinajstić information content (AvgIpc) is 2.69. The number of anilines is 2. The van der Waals surface area contributed by atoms with Crippen LogP contribution in [-0.4, -0.2) is 54.7 Å². The minimum absolute atomic E-state index is 0.0804. The van der Waals surface area contributed by atoms with Crippen molar-refractivity contribution in [1.29, 1.82) is 0 Å². The minimum atomic E-state index is -0.365. The normalized spacial score (nSPS) is 13.9. The standard InChI is InChI=1S/C20H23FN4O3/c1-2-28-20(27)25-10-8-24(9-11-25)17-6-7-18(22-14-17)23-19(26)13-15-4-3-5-16(21)12-15/h3-7,12,14H,2,8-11,13H2,1H3,(H,22,23,26). The summed E-state index contributed by atoms with van der Waals surface area (Å²) in [6, 6.07) is 9.57. The van der Waals surface area contributed by atoms with Crippen molar-refractivity contribution in [3.8, 4) is 0 Å². The summed E-state index contributed by atoms with van der Waals surface area (Å²) >= 11 is 0. The fourth-order valence-electron chi connectivity index (χ4n) is 3.03. The van der Waals surface area contributed by atoms with Crippen molar-refractivity contribution < 1.29 is 18.7 Å². The van der Waals surface area contributed by atoms with Gasteiger partial charge in [0.1, 0.15) is 11.6 Å². The number of aromatic nitrogens is 1. The first-order valence-electron chi connectivity index (χ1n) is 9.22. The third-order valence-corrected chi connectivity index (χ3v) is 4.44. The monoisotopic (exact) mass is 386 g/mol. The van der Waals surface area contributed by atoms with Crippen LogP contribution in [0, 0.1) is 5.82 Å². The van der Waals surface area contributed by atoms with Gasteiger partial charge < -0.3 is 19.9 Å². The lowest BCUT2D eigenvalue weighted by Gasteiger charge is -2.35. The Morgan fingerprint density at radius 1 is 1.18 bits per heavy atom. The van der Waals surface area contributed by atoms with Gasteiger partial charge >= 0.3 is 6.09 Å². The van der Waals surface area contributed by atoms with Crippen molar-refractivity contribution in [2.24, 2.45) is 0 Å². The van der Waals surface area contributed by atoms with E-state index in [9.17, 15) is 14.0 Å². The number of nitrogens with zero attached hydrogens (tertiary/aromatic N) is 3. The van der Waals surface area contributed by atoms with E-state index >= 15 is 0 Å². The summed E-state index contributed by atoms with van der Waals surface area (Å²) < 4.78 is 18.2. The Balaban J connectivity index is 1.51. The summed E-state index contributed by atoms with van der Waals surface area (Å²) in [4.78, 5) is 31.9. The highest BCUT2D eigenvalue weighted by molar-refractivity contribution is 5.91. The molecule has 0 atom stereocenters. The molecule has 1 saturated heterocycles. The van der Waals surface area contributed by atoms with Gasteiger partial charge in [-0.25, -0.2) is 14.2 Å². The van der Waals surface area contributed by atoms with Crippen molar-refractivity contribution in [1.82, 2.24) is 9.88 Å². The topological polar surface area (TPSA) is 74.8 Å². The molecule has 0 unspecified atom stereocenters. The first-order valence-corrected chi connectivity index (χ1v) is 9.22. The van der Waals surface area contributed by atoms with E-state index in [-0.39, 0.29) is 24.2 Å². The second-order valence-corrected chi connectivity index (χ2v) is 6.43. The number of hydrogen-bond donors (Lipinski definition) is 1. The van der Waals surface area contributed by atoms with Gasteiger partial charge in [0.25, 0.3) is 0 Å². The van der Waals surface area contributed by atoms with Gasteiger partial charge in [0.15, 0.2) is 0 Å². The zero-order chi connectivity index (χ0) is 19.9. The number of ether oxygens (including phenoxy) is 1. The molecule has 2 heterocycles. The van der Waals surface area contributed by atoms with Crippen LogP contribution in [0.1, 0.15) is 12.5 Å². The van der Waals surface area contributed by atoms with Gasteiger partial charge in [0.05, 0.1) is 24.9 Å². The fraction of sp³-hybridized carbons (Fsp3) is 0.350. The predicted molar refractivity (Wildman–Crippen MR) is 104 cm³/mol. The molecule has 148 valence electrons. The molecule has 1 aliphatic heterocycles. The second kappa shape index (κ2) is 9.16. The molecule has 1 N–H and O–H groups in total. The number of rotatable bonds is 5. The molecule has 2 amide bonds. The molecule has 2 aromatic rings. The van der Waals surface area contributed by atoms with Gasteiger partial charge in [-0.3, -0.25) is 4.79 Å². The van der Waals surface area contributed by atoms with Crippen LogP contribution in [0.15, 0.2) is 42.6 Å². The van der Waals surface area contributed by atoms with Crippen LogP contribution < -0.4 is 10.2 Å². The summed E-state index contributed by atoms with van der Waals surface area (Å²) in [5.74, 6) is -0.181. The molecule has 1 aromatic carbocycles. The summed E-state index contributed by atoms with van der Waals surface area (Å²) in [7, 11) is 0. The number of piperazine rings is 1. The molecule has 0 radical (unpaired) electrons. The van der Waals surface area contributed by atoms with Crippen LogP contribution in [0.5, 0.6) is 0 Å². The Hall–Kier alpha value is -3.16. The molecule has 1 aromatic heterocycles. The van der Waals surface area contributed by atoms with E-state index in [2.05, 4.69) is 15.2 Å². The van der Waals surface area contributed by atoms with Crippen molar-refractivity contribution in [3.05, 3.63) is 54.0 Å². The van der Waals surface area contributed by atoms with Crippen LogP contribution in [-0.2, 0) is 16.0 Å². The van der Waals surface area contributed by atoms with Crippen LogP contribution in [0.25, 0.3) is 0 Å². The Labute approximate surface area is 163 Å². The molecular formula is C20H23FN4O3. The fourth-order valence-corrected chi connectivity index (χ4v) is 3.03. The van der Waals surface area contributed by atoms with Crippen molar-refractivity contribution in [2.45, 2.75) is 13.3 Å². The first-order chi connectivity index (χ1) is 13.5. The van der Waals surface area contributed by atoms with E-state index < -0.39 is 0 Å². The number of halogens is 1. The highest BCUT2D eigenvalue weighted by atomic mass is 19.1. The zero-order valence-corrected chi connectivity index (χ0v) is 15.7. The van der Waals surface area contributed by atoms with E-state index in [4.69, 9.17) is 4.74 Å². The lowest BCUT2D eigenvalue weighted by atomic mass is 10.1. The van der Waals surface area contributed by atoms with Crippen LogP contribution in [0.2, 0.25) is 0 Å². The molecule has 1 aliphatic rings. The molecule has 0 spiro atoms.